The van der Waals surface area contributed by atoms with Crippen molar-refractivity contribution in [1.82, 2.24) is 4.90 Å². The number of aryl methyl sites for hydroxylation is 1. The van der Waals surface area contributed by atoms with Crippen LogP contribution in [-0.4, -0.2) is 45.4 Å². The lowest BCUT2D eigenvalue weighted by Gasteiger charge is -2.21. The second-order valence-electron chi connectivity index (χ2n) is 4.74. The van der Waals surface area contributed by atoms with Gasteiger partial charge >= 0.3 is 0 Å². The maximum Gasteiger partial charge on any atom is 0.150 e. The molecule has 0 aliphatic rings. The molecule has 0 spiro atoms. The Balaban J connectivity index is 2.60. The molecule has 1 aromatic carbocycles. The van der Waals surface area contributed by atoms with E-state index in [-0.39, 0.29) is 0 Å². The minimum absolute atomic E-state index is 0.774. The van der Waals surface area contributed by atoms with Gasteiger partial charge in [0.2, 0.25) is 0 Å². The molecule has 0 saturated heterocycles. The molecular formula is C14H22N2O. The van der Waals surface area contributed by atoms with Gasteiger partial charge in [-0.15, -0.1) is 0 Å². The average Bonchev–Trinajstić information content (AvgIpc) is 2.28. The summed E-state index contributed by atoms with van der Waals surface area (Å²) in [6, 6.07) is 5.96. The second kappa shape index (κ2) is 6.40. The molecule has 0 unspecified atom stereocenters. The highest BCUT2D eigenvalue weighted by Crippen LogP contribution is 2.17. The molecule has 0 atom stereocenters. The molecule has 3 heteroatoms. The van der Waals surface area contributed by atoms with E-state index in [2.05, 4.69) is 37.0 Å². The molecule has 0 heterocycles. The van der Waals surface area contributed by atoms with E-state index in [1.807, 2.05) is 19.1 Å². The molecule has 3 nitrogen and oxygen atoms in total. The van der Waals surface area contributed by atoms with Crippen LogP contribution in [0.5, 0.6) is 0 Å². The largest absolute Gasteiger partial charge is 0.375 e. The number of hydrogen-bond donors (Lipinski definition) is 0. The van der Waals surface area contributed by atoms with E-state index in [4.69, 9.17) is 0 Å². The van der Waals surface area contributed by atoms with Crippen molar-refractivity contribution < 1.29 is 4.79 Å². The summed E-state index contributed by atoms with van der Waals surface area (Å²) in [5, 5.41) is 0. The molecule has 0 N–H and O–H groups in total. The Hall–Kier alpha value is -1.35. The van der Waals surface area contributed by atoms with Gasteiger partial charge in [0.05, 0.1) is 0 Å². The standard InChI is InChI=1S/C14H22N2O/c1-12-10-14(7-6-13(12)11-17)16(4)9-5-8-15(2)3/h6-7,10-11H,5,8-9H2,1-4H3. The van der Waals surface area contributed by atoms with E-state index in [0.29, 0.717) is 0 Å². The zero-order valence-corrected chi connectivity index (χ0v) is 11.2. The van der Waals surface area contributed by atoms with Gasteiger partial charge in [0.1, 0.15) is 6.29 Å². The van der Waals surface area contributed by atoms with Gasteiger partial charge in [-0.25, -0.2) is 0 Å². The van der Waals surface area contributed by atoms with Crippen LogP contribution >= 0.6 is 0 Å². The van der Waals surface area contributed by atoms with E-state index < -0.39 is 0 Å². The molecule has 17 heavy (non-hydrogen) atoms. The van der Waals surface area contributed by atoms with Gasteiger partial charge in [0.25, 0.3) is 0 Å². The number of carbonyl (C=O) groups is 1. The Morgan fingerprint density at radius 1 is 1.18 bits per heavy atom. The Kier molecular flexibility index (Phi) is 5.16. The first-order chi connectivity index (χ1) is 8.04. The second-order valence-corrected chi connectivity index (χ2v) is 4.74. The maximum absolute atomic E-state index is 10.7. The third kappa shape index (κ3) is 4.19. The van der Waals surface area contributed by atoms with Crippen molar-refractivity contribution in [1.29, 1.82) is 0 Å². The Bertz CT molecular complexity index is 374. The van der Waals surface area contributed by atoms with E-state index in [1.54, 1.807) is 0 Å². The topological polar surface area (TPSA) is 23.6 Å². The molecule has 0 radical (unpaired) electrons. The zero-order chi connectivity index (χ0) is 12.8. The number of carbonyl (C=O) groups excluding carboxylic acids is 1. The molecule has 0 fully saturated rings. The van der Waals surface area contributed by atoms with E-state index >= 15 is 0 Å². The van der Waals surface area contributed by atoms with Gasteiger partial charge in [-0.2, -0.15) is 0 Å². The lowest BCUT2D eigenvalue weighted by atomic mass is 10.1. The van der Waals surface area contributed by atoms with Crippen LogP contribution in [0.4, 0.5) is 5.69 Å². The number of rotatable bonds is 6. The van der Waals surface area contributed by atoms with Crippen molar-refractivity contribution in [2.24, 2.45) is 0 Å². The minimum atomic E-state index is 0.774. The Morgan fingerprint density at radius 2 is 1.88 bits per heavy atom. The van der Waals surface area contributed by atoms with Crippen molar-refractivity contribution in [3.05, 3.63) is 29.3 Å². The fourth-order valence-electron chi connectivity index (χ4n) is 1.78. The van der Waals surface area contributed by atoms with E-state index in [0.717, 1.165) is 36.9 Å². The predicted molar refractivity (Wildman–Crippen MR) is 73.0 cm³/mol. The quantitative estimate of drug-likeness (QED) is 0.705. The van der Waals surface area contributed by atoms with Crippen LogP contribution in [0.3, 0.4) is 0 Å². The molecule has 0 bridgehead atoms. The molecule has 0 aliphatic heterocycles. The summed E-state index contributed by atoms with van der Waals surface area (Å²) >= 11 is 0. The molecule has 0 amide bonds. The van der Waals surface area contributed by atoms with Crippen LogP contribution < -0.4 is 4.90 Å². The first kappa shape index (κ1) is 13.7. The third-order valence-electron chi connectivity index (χ3n) is 2.92. The van der Waals surface area contributed by atoms with Gasteiger partial charge in [0, 0.05) is 24.8 Å². The maximum atomic E-state index is 10.7. The van der Waals surface area contributed by atoms with Crippen LogP contribution in [0.25, 0.3) is 0 Å². The summed E-state index contributed by atoms with van der Waals surface area (Å²) in [4.78, 5) is 15.2. The number of aldehydes is 1. The first-order valence-electron chi connectivity index (χ1n) is 5.96. The van der Waals surface area contributed by atoms with Gasteiger partial charge in [-0.3, -0.25) is 4.79 Å². The lowest BCUT2D eigenvalue weighted by molar-refractivity contribution is 0.112. The van der Waals surface area contributed by atoms with Crippen LogP contribution in [0, 0.1) is 6.92 Å². The first-order valence-corrected chi connectivity index (χ1v) is 5.96. The molecule has 0 saturated carbocycles. The highest BCUT2D eigenvalue weighted by atomic mass is 16.1. The molecule has 1 rings (SSSR count). The van der Waals surface area contributed by atoms with Crippen LogP contribution in [0.1, 0.15) is 22.3 Å². The normalized spacial score (nSPS) is 10.6. The van der Waals surface area contributed by atoms with E-state index in [9.17, 15) is 4.79 Å². The highest BCUT2D eigenvalue weighted by molar-refractivity contribution is 5.78. The van der Waals surface area contributed by atoms with Crippen LogP contribution in [0.2, 0.25) is 0 Å². The number of anilines is 1. The summed E-state index contributed by atoms with van der Waals surface area (Å²) in [5.74, 6) is 0. The molecule has 0 aliphatic carbocycles. The molecule has 94 valence electrons. The van der Waals surface area contributed by atoms with Crippen molar-refractivity contribution in [3.8, 4) is 0 Å². The van der Waals surface area contributed by atoms with Crippen molar-refractivity contribution >= 4 is 12.0 Å². The molecule has 0 aromatic heterocycles. The lowest BCUT2D eigenvalue weighted by Crippen LogP contribution is -2.23. The summed E-state index contributed by atoms with van der Waals surface area (Å²) in [7, 11) is 6.26. The van der Waals surface area contributed by atoms with Crippen molar-refractivity contribution in [2.75, 3.05) is 39.1 Å². The SMILES string of the molecule is Cc1cc(N(C)CCCN(C)C)ccc1C=O. The Morgan fingerprint density at radius 3 is 2.41 bits per heavy atom. The third-order valence-corrected chi connectivity index (χ3v) is 2.92. The van der Waals surface area contributed by atoms with Crippen LogP contribution in [0.15, 0.2) is 18.2 Å². The fraction of sp³-hybridized carbons (Fsp3) is 0.500. The number of benzene rings is 1. The van der Waals surface area contributed by atoms with Gasteiger partial charge in [-0.1, -0.05) is 0 Å². The van der Waals surface area contributed by atoms with Gasteiger partial charge in [-0.05, 0) is 57.7 Å². The smallest absolute Gasteiger partial charge is 0.150 e. The molecular weight excluding hydrogens is 212 g/mol. The van der Waals surface area contributed by atoms with Gasteiger partial charge in [0.15, 0.2) is 0 Å². The zero-order valence-electron chi connectivity index (χ0n) is 11.2. The highest BCUT2D eigenvalue weighted by Gasteiger charge is 2.03. The van der Waals surface area contributed by atoms with Gasteiger partial charge < -0.3 is 9.80 Å². The Labute approximate surface area is 104 Å². The fourth-order valence-corrected chi connectivity index (χ4v) is 1.78. The average molecular weight is 234 g/mol. The predicted octanol–water partition coefficient (Wildman–Crippen LogP) is 2.20. The minimum Gasteiger partial charge on any atom is -0.375 e. The summed E-state index contributed by atoms with van der Waals surface area (Å²) in [5.41, 5.74) is 2.99. The monoisotopic (exact) mass is 234 g/mol. The summed E-state index contributed by atoms with van der Waals surface area (Å²) in [6.45, 7) is 4.09. The summed E-state index contributed by atoms with van der Waals surface area (Å²) in [6.07, 6.45) is 2.04. The number of nitrogens with zero attached hydrogens (tertiary/aromatic N) is 2. The number of hydrogen-bond acceptors (Lipinski definition) is 3. The van der Waals surface area contributed by atoms with Crippen LogP contribution in [-0.2, 0) is 0 Å². The summed E-state index contributed by atoms with van der Waals surface area (Å²) < 4.78 is 0. The van der Waals surface area contributed by atoms with Crippen molar-refractivity contribution in [2.45, 2.75) is 13.3 Å². The molecule has 1 aromatic rings. The van der Waals surface area contributed by atoms with E-state index in [1.165, 1.54) is 5.69 Å². The van der Waals surface area contributed by atoms with Crippen molar-refractivity contribution in [3.63, 3.8) is 0 Å².